The molecule has 1 aromatic rings. The molecule has 1 aliphatic heterocycles. The molecule has 1 atom stereocenters. The van der Waals surface area contributed by atoms with Crippen LogP contribution < -0.4 is 4.90 Å². The molecule has 1 heterocycles. The number of hydrogen-bond donors (Lipinski definition) is 1. The van der Waals surface area contributed by atoms with Crippen LogP contribution in [0.25, 0.3) is 0 Å². The molecule has 0 aromatic heterocycles. The summed E-state index contributed by atoms with van der Waals surface area (Å²) in [7, 11) is 1.19. The third-order valence-corrected chi connectivity index (χ3v) is 3.74. The molecule has 0 bridgehead atoms. The zero-order valence-corrected chi connectivity index (χ0v) is 12.3. The SMILES string of the molecule is C=C(C(=O)OC)[C@@]1(O)C(=O)N(CCCC)c2ccccc21. The third kappa shape index (κ3) is 2.23. The average Bonchev–Trinajstić information content (AvgIpc) is 2.73. The van der Waals surface area contributed by atoms with Crippen molar-refractivity contribution in [1.82, 2.24) is 0 Å². The number of amides is 1. The highest BCUT2D eigenvalue weighted by atomic mass is 16.5. The highest BCUT2D eigenvalue weighted by molar-refractivity contribution is 6.13. The van der Waals surface area contributed by atoms with Crippen molar-refractivity contribution in [2.45, 2.75) is 25.4 Å². The number of esters is 1. The molecule has 0 aliphatic carbocycles. The van der Waals surface area contributed by atoms with Crippen molar-refractivity contribution in [2.75, 3.05) is 18.6 Å². The lowest BCUT2D eigenvalue weighted by Gasteiger charge is -2.23. The monoisotopic (exact) mass is 289 g/mol. The number of ether oxygens (including phenoxy) is 1. The second-order valence-electron chi connectivity index (χ2n) is 5.01. The van der Waals surface area contributed by atoms with E-state index in [0.29, 0.717) is 17.8 Å². The van der Waals surface area contributed by atoms with Crippen LogP contribution in [0.4, 0.5) is 5.69 Å². The fraction of sp³-hybridized carbons (Fsp3) is 0.375. The summed E-state index contributed by atoms with van der Waals surface area (Å²) in [5.74, 6) is -1.34. The van der Waals surface area contributed by atoms with Gasteiger partial charge in [-0.05, 0) is 12.5 Å². The van der Waals surface area contributed by atoms with E-state index < -0.39 is 17.5 Å². The molecule has 1 N–H and O–H groups in total. The summed E-state index contributed by atoms with van der Waals surface area (Å²) < 4.78 is 4.60. The van der Waals surface area contributed by atoms with Crippen LogP contribution in [0, 0.1) is 0 Å². The van der Waals surface area contributed by atoms with Crippen LogP contribution in [-0.2, 0) is 19.9 Å². The topological polar surface area (TPSA) is 66.8 Å². The maximum atomic E-state index is 12.7. The first-order valence-electron chi connectivity index (χ1n) is 6.90. The molecule has 5 nitrogen and oxygen atoms in total. The van der Waals surface area contributed by atoms with Crippen molar-refractivity contribution < 1.29 is 19.4 Å². The number of aliphatic hydroxyl groups is 1. The first-order valence-corrected chi connectivity index (χ1v) is 6.90. The van der Waals surface area contributed by atoms with E-state index in [1.165, 1.54) is 12.0 Å². The Balaban J connectivity index is 2.51. The molecule has 5 heteroatoms. The normalized spacial score (nSPS) is 20.3. The van der Waals surface area contributed by atoms with Crippen molar-refractivity contribution in [2.24, 2.45) is 0 Å². The van der Waals surface area contributed by atoms with Crippen molar-refractivity contribution in [3.8, 4) is 0 Å². The Kier molecular flexibility index (Phi) is 4.14. The van der Waals surface area contributed by atoms with Gasteiger partial charge in [-0.2, -0.15) is 0 Å². The highest BCUT2D eigenvalue weighted by Gasteiger charge is 2.53. The number of rotatable bonds is 5. The number of unbranched alkanes of at least 4 members (excludes halogenated alkanes) is 1. The van der Waals surface area contributed by atoms with Gasteiger partial charge in [0.2, 0.25) is 5.60 Å². The summed E-state index contributed by atoms with van der Waals surface area (Å²) in [6, 6.07) is 6.89. The predicted molar refractivity (Wildman–Crippen MR) is 78.8 cm³/mol. The van der Waals surface area contributed by atoms with Crippen molar-refractivity contribution in [1.29, 1.82) is 0 Å². The fourth-order valence-electron chi connectivity index (χ4n) is 2.54. The smallest absolute Gasteiger partial charge is 0.336 e. The minimum Gasteiger partial charge on any atom is -0.466 e. The van der Waals surface area contributed by atoms with Gasteiger partial charge >= 0.3 is 5.97 Å². The summed E-state index contributed by atoms with van der Waals surface area (Å²) in [4.78, 5) is 25.9. The van der Waals surface area contributed by atoms with E-state index in [-0.39, 0.29) is 5.57 Å². The maximum Gasteiger partial charge on any atom is 0.336 e. The molecule has 0 fully saturated rings. The molecule has 1 aromatic carbocycles. The van der Waals surface area contributed by atoms with Gasteiger partial charge in [-0.3, -0.25) is 4.79 Å². The molecular weight excluding hydrogens is 270 g/mol. The number of carbonyl (C=O) groups excluding carboxylic acids is 2. The molecule has 0 radical (unpaired) electrons. The Bertz CT molecular complexity index is 596. The van der Waals surface area contributed by atoms with Gasteiger partial charge in [0.1, 0.15) is 0 Å². The van der Waals surface area contributed by atoms with Crippen LogP contribution >= 0.6 is 0 Å². The van der Waals surface area contributed by atoms with Crippen molar-refractivity contribution in [3.05, 3.63) is 42.0 Å². The Morgan fingerprint density at radius 2 is 2.10 bits per heavy atom. The summed E-state index contributed by atoms with van der Waals surface area (Å²) in [5.41, 5.74) is -1.32. The molecule has 0 saturated heterocycles. The van der Waals surface area contributed by atoms with Crippen molar-refractivity contribution >= 4 is 17.6 Å². The van der Waals surface area contributed by atoms with Crippen LogP contribution in [0.5, 0.6) is 0 Å². The van der Waals surface area contributed by atoms with Gasteiger partial charge in [0.15, 0.2) is 0 Å². The van der Waals surface area contributed by atoms with E-state index in [1.807, 2.05) is 6.92 Å². The molecule has 112 valence electrons. The number of hydrogen-bond acceptors (Lipinski definition) is 4. The maximum absolute atomic E-state index is 12.7. The first kappa shape index (κ1) is 15.3. The standard InChI is InChI=1S/C16H19NO4/c1-4-5-10-17-13-9-7-6-8-12(13)16(20,15(17)19)11(2)14(18)21-3/h6-9,20H,2,4-5,10H2,1,3H3/t16-/m0/s1. The minimum absolute atomic E-state index is 0.263. The number of para-hydroxylation sites is 1. The Morgan fingerprint density at radius 3 is 2.71 bits per heavy atom. The Labute approximate surface area is 123 Å². The number of carbonyl (C=O) groups is 2. The zero-order chi connectivity index (χ0) is 15.6. The van der Waals surface area contributed by atoms with Gasteiger partial charge in [0.05, 0.1) is 18.4 Å². The Morgan fingerprint density at radius 1 is 1.43 bits per heavy atom. The van der Waals surface area contributed by atoms with Gasteiger partial charge < -0.3 is 14.7 Å². The largest absolute Gasteiger partial charge is 0.466 e. The summed E-state index contributed by atoms with van der Waals surface area (Å²) in [6.07, 6.45) is 1.73. The van der Waals surface area contributed by atoms with Gasteiger partial charge in [0.25, 0.3) is 5.91 Å². The molecule has 2 rings (SSSR count). The fourth-order valence-corrected chi connectivity index (χ4v) is 2.54. The third-order valence-electron chi connectivity index (χ3n) is 3.74. The number of fused-ring (bicyclic) bond motifs is 1. The first-order chi connectivity index (χ1) is 9.98. The van der Waals surface area contributed by atoms with Crippen LogP contribution in [0.2, 0.25) is 0 Å². The van der Waals surface area contributed by atoms with Gasteiger partial charge in [-0.1, -0.05) is 38.1 Å². The molecule has 0 spiro atoms. The molecule has 1 amide bonds. The lowest BCUT2D eigenvalue weighted by atomic mass is 9.88. The quantitative estimate of drug-likeness (QED) is 0.662. The van der Waals surface area contributed by atoms with E-state index in [2.05, 4.69) is 11.3 Å². The summed E-state index contributed by atoms with van der Waals surface area (Å²) in [6.45, 7) is 6.08. The van der Waals surface area contributed by atoms with Gasteiger partial charge in [-0.25, -0.2) is 4.79 Å². The van der Waals surface area contributed by atoms with E-state index in [9.17, 15) is 14.7 Å². The summed E-state index contributed by atoms with van der Waals surface area (Å²) in [5, 5.41) is 10.9. The molecule has 0 saturated carbocycles. The number of anilines is 1. The number of benzene rings is 1. The molecule has 21 heavy (non-hydrogen) atoms. The number of methoxy groups -OCH3 is 1. The average molecular weight is 289 g/mol. The van der Waals surface area contributed by atoms with Crippen LogP contribution in [0.15, 0.2) is 36.4 Å². The lowest BCUT2D eigenvalue weighted by molar-refractivity contribution is -0.144. The Hall–Kier alpha value is -2.14. The molecule has 0 unspecified atom stereocenters. The predicted octanol–water partition coefficient (Wildman–Crippen LogP) is 1.75. The van der Waals surface area contributed by atoms with E-state index in [0.717, 1.165) is 12.8 Å². The van der Waals surface area contributed by atoms with Crippen LogP contribution in [0.1, 0.15) is 25.3 Å². The van der Waals surface area contributed by atoms with Crippen LogP contribution in [0.3, 0.4) is 0 Å². The second kappa shape index (κ2) is 5.69. The lowest BCUT2D eigenvalue weighted by Crippen LogP contribution is -2.43. The molecular formula is C16H19NO4. The highest BCUT2D eigenvalue weighted by Crippen LogP contribution is 2.44. The number of nitrogens with zero attached hydrogens (tertiary/aromatic N) is 1. The van der Waals surface area contributed by atoms with Crippen LogP contribution in [-0.4, -0.2) is 30.6 Å². The summed E-state index contributed by atoms with van der Waals surface area (Å²) >= 11 is 0. The van der Waals surface area contributed by atoms with E-state index >= 15 is 0 Å². The van der Waals surface area contributed by atoms with E-state index in [4.69, 9.17) is 0 Å². The van der Waals surface area contributed by atoms with Gasteiger partial charge in [-0.15, -0.1) is 0 Å². The minimum atomic E-state index is -2.04. The van der Waals surface area contributed by atoms with Gasteiger partial charge in [0, 0.05) is 12.1 Å². The van der Waals surface area contributed by atoms with E-state index in [1.54, 1.807) is 24.3 Å². The second-order valence-corrected chi connectivity index (χ2v) is 5.01. The zero-order valence-electron chi connectivity index (χ0n) is 12.3. The van der Waals surface area contributed by atoms with Crippen molar-refractivity contribution in [3.63, 3.8) is 0 Å². The molecule has 1 aliphatic rings.